The van der Waals surface area contributed by atoms with E-state index in [0.29, 0.717) is 0 Å². The number of anilines is 6. The molecule has 0 unspecified atom stereocenters. The van der Waals surface area contributed by atoms with Crippen LogP contribution in [0.5, 0.6) is 0 Å². The molecule has 0 saturated carbocycles. The third kappa shape index (κ3) is 6.13. The zero-order valence-corrected chi connectivity index (χ0v) is 35.4. The molecule has 0 spiro atoms. The summed E-state index contributed by atoms with van der Waals surface area (Å²) < 4.78 is 13.8. The molecular weight excluding hydrogens is 745 g/mol. The van der Waals surface area contributed by atoms with Crippen LogP contribution in [-0.4, -0.2) is 0 Å². The summed E-state index contributed by atoms with van der Waals surface area (Å²) >= 11 is 0. The largest absolute Gasteiger partial charge is 0.452 e. The fraction of sp³-hybridized carbons (Fsp3) is 0.123. The minimum absolute atomic E-state index is 0.268. The maximum absolute atomic E-state index is 6.95. The smallest absolute Gasteiger partial charge is 0.178 e. The summed E-state index contributed by atoms with van der Waals surface area (Å²) in [6, 6.07) is 59.4. The Morgan fingerprint density at radius 1 is 0.393 bits per heavy atom. The SMILES string of the molecule is Cc1ccc(C)c(N(c2ccccc2)c2ccc3cc4c(cc3c2)oc2c4cc(C(C)C)c3c4cc5ccc(N(c6ccccc6)c6cc(C)ccc6C)cc5cc4oc23)c1. The lowest BCUT2D eigenvalue weighted by Gasteiger charge is -2.27. The first-order chi connectivity index (χ1) is 29.7. The van der Waals surface area contributed by atoms with Gasteiger partial charge in [0, 0.05) is 55.7 Å². The minimum atomic E-state index is 0.268. The predicted octanol–water partition coefficient (Wildman–Crippen LogP) is 17.1. The Kier molecular flexibility index (Phi) is 8.54. The van der Waals surface area contributed by atoms with Gasteiger partial charge in [-0.15, -0.1) is 0 Å². The molecule has 61 heavy (non-hydrogen) atoms. The van der Waals surface area contributed by atoms with Crippen molar-refractivity contribution in [2.45, 2.75) is 47.5 Å². The number of aryl methyl sites for hydroxylation is 4. The van der Waals surface area contributed by atoms with Crippen molar-refractivity contribution in [2.24, 2.45) is 0 Å². The molecule has 0 radical (unpaired) electrons. The molecule has 0 atom stereocenters. The zero-order chi connectivity index (χ0) is 41.5. The molecule has 0 fully saturated rings. The van der Waals surface area contributed by atoms with Gasteiger partial charge in [-0.05, 0) is 174 Å². The highest BCUT2D eigenvalue weighted by molar-refractivity contribution is 6.23. The number of rotatable bonds is 7. The fourth-order valence-corrected chi connectivity index (χ4v) is 9.32. The number of benzene rings is 9. The Balaban J connectivity index is 1.08. The Bertz CT molecular complexity index is 3500. The van der Waals surface area contributed by atoms with Gasteiger partial charge in [0.2, 0.25) is 0 Å². The quantitative estimate of drug-likeness (QED) is 0.161. The highest BCUT2D eigenvalue weighted by Crippen LogP contribution is 2.46. The number of fused-ring (bicyclic) bond motifs is 9. The van der Waals surface area contributed by atoms with Crippen LogP contribution in [0.25, 0.3) is 65.4 Å². The second kappa shape index (κ2) is 14.2. The van der Waals surface area contributed by atoms with Crippen molar-refractivity contribution in [2.75, 3.05) is 9.80 Å². The Morgan fingerprint density at radius 3 is 1.41 bits per heavy atom. The molecule has 9 aromatic carbocycles. The van der Waals surface area contributed by atoms with Crippen LogP contribution in [0.2, 0.25) is 0 Å². The van der Waals surface area contributed by atoms with E-state index in [-0.39, 0.29) is 5.92 Å². The normalized spacial score (nSPS) is 11.9. The molecule has 11 rings (SSSR count). The van der Waals surface area contributed by atoms with E-state index in [1.807, 2.05) is 0 Å². The third-order valence-electron chi connectivity index (χ3n) is 12.5. The van der Waals surface area contributed by atoms with Gasteiger partial charge in [-0.3, -0.25) is 0 Å². The number of nitrogens with zero attached hydrogens (tertiary/aromatic N) is 2. The van der Waals surface area contributed by atoms with Crippen molar-refractivity contribution in [1.29, 1.82) is 0 Å². The second-order valence-electron chi connectivity index (χ2n) is 17.1. The van der Waals surface area contributed by atoms with E-state index in [2.05, 4.69) is 215 Å². The van der Waals surface area contributed by atoms with Crippen LogP contribution in [0.1, 0.15) is 47.6 Å². The zero-order valence-electron chi connectivity index (χ0n) is 35.4. The summed E-state index contributed by atoms with van der Waals surface area (Å²) in [4.78, 5) is 4.71. The van der Waals surface area contributed by atoms with Gasteiger partial charge in [-0.1, -0.05) is 86.6 Å². The topological polar surface area (TPSA) is 32.8 Å². The third-order valence-corrected chi connectivity index (χ3v) is 12.5. The summed E-state index contributed by atoms with van der Waals surface area (Å²) in [5, 5.41) is 8.98. The molecule has 2 aromatic heterocycles. The first-order valence-electron chi connectivity index (χ1n) is 21.3. The van der Waals surface area contributed by atoms with Crippen LogP contribution in [0.4, 0.5) is 34.1 Å². The van der Waals surface area contributed by atoms with E-state index < -0.39 is 0 Å². The number of hydrogen-bond donors (Lipinski definition) is 0. The molecule has 4 nitrogen and oxygen atoms in total. The predicted molar refractivity (Wildman–Crippen MR) is 258 cm³/mol. The molecule has 4 heteroatoms. The van der Waals surface area contributed by atoms with Crippen molar-refractivity contribution < 1.29 is 8.83 Å². The van der Waals surface area contributed by atoms with Gasteiger partial charge in [0.1, 0.15) is 11.2 Å². The number of para-hydroxylation sites is 2. The monoisotopic (exact) mass is 790 g/mol. The van der Waals surface area contributed by atoms with Gasteiger partial charge in [0.05, 0.1) is 0 Å². The molecule has 0 N–H and O–H groups in total. The molecule has 0 aliphatic rings. The van der Waals surface area contributed by atoms with Gasteiger partial charge in [0.25, 0.3) is 0 Å². The van der Waals surface area contributed by atoms with E-state index in [1.165, 1.54) is 44.6 Å². The minimum Gasteiger partial charge on any atom is -0.452 e. The first-order valence-corrected chi connectivity index (χ1v) is 21.3. The summed E-state index contributed by atoms with van der Waals surface area (Å²) in [6.45, 7) is 13.2. The number of hydrogen-bond acceptors (Lipinski definition) is 4. The van der Waals surface area contributed by atoms with Crippen molar-refractivity contribution in [3.63, 3.8) is 0 Å². The summed E-state index contributed by atoms with van der Waals surface area (Å²) in [6.07, 6.45) is 0. The maximum Gasteiger partial charge on any atom is 0.178 e. The summed E-state index contributed by atoms with van der Waals surface area (Å²) in [5.74, 6) is 0.268. The average molecular weight is 791 g/mol. The van der Waals surface area contributed by atoms with Crippen LogP contribution in [0.15, 0.2) is 173 Å². The van der Waals surface area contributed by atoms with Crippen molar-refractivity contribution in [3.8, 4) is 0 Å². The highest BCUT2D eigenvalue weighted by atomic mass is 16.4. The van der Waals surface area contributed by atoms with E-state index in [9.17, 15) is 0 Å². The van der Waals surface area contributed by atoms with Crippen LogP contribution in [0, 0.1) is 27.7 Å². The van der Waals surface area contributed by atoms with Gasteiger partial charge in [0.15, 0.2) is 11.2 Å². The summed E-state index contributed by atoms with van der Waals surface area (Å²) in [5.41, 5.74) is 16.2. The number of furan rings is 2. The molecule has 0 aliphatic heterocycles. The van der Waals surface area contributed by atoms with Crippen LogP contribution < -0.4 is 9.80 Å². The van der Waals surface area contributed by atoms with Crippen LogP contribution in [-0.2, 0) is 0 Å². The first kappa shape index (κ1) is 36.8. The van der Waals surface area contributed by atoms with E-state index >= 15 is 0 Å². The van der Waals surface area contributed by atoms with Crippen LogP contribution >= 0.6 is 0 Å². The second-order valence-corrected chi connectivity index (χ2v) is 17.1. The van der Waals surface area contributed by atoms with Gasteiger partial charge < -0.3 is 18.6 Å². The average Bonchev–Trinajstić information content (AvgIpc) is 3.82. The summed E-state index contributed by atoms with van der Waals surface area (Å²) in [7, 11) is 0. The van der Waals surface area contributed by atoms with Crippen molar-refractivity contribution in [3.05, 3.63) is 192 Å². The van der Waals surface area contributed by atoms with Gasteiger partial charge in [-0.25, -0.2) is 0 Å². The molecule has 0 saturated heterocycles. The molecule has 11 aromatic rings. The van der Waals surface area contributed by atoms with E-state index in [0.717, 1.165) is 82.8 Å². The lowest BCUT2D eigenvalue weighted by molar-refractivity contribution is 0.633. The van der Waals surface area contributed by atoms with Gasteiger partial charge >= 0.3 is 0 Å². The molecule has 0 aliphatic carbocycles. The fourth-order valence-electron chi connectivity index (χ4n) is 9.32. The highest BCUT2D eigenvalue weighted by Gasteiger charge is 2.23. The van der Waals surface area contributed by atoms with Crippen molar-refractivity contribution >= 4 is 99.5 Å². The Hall–Kier alpha value is -7.30. The molecule has 0 bridgehead atoms. The van der Waals surface area contributed by atoms with E-state index in [4.69, 9.17) is 8.83 Å². The maximum atomic E-state index is 6.95. The molecule has 0 amide bonds. The Morgan fingerprint density at radius 2 is 0.885 bits per heavy atom. The Labute approximate surface area is 355 Å². The molecule has 2 heterocycles. The van der Waals surface area contributed by atoms with Crippen molar-refractivity contribution in [1.82, 2.24) is 0 Å². The standard InChI is InChI=1S/C57H46N2O2/c1-34(2)47-33-49-48-29-39-21-23-45(58(43-13-9-7-10-14-43)51-25-35(3)17-19-37(51)5)27-41(39)31-53(48)60-56(49)57-55(47)50-30-40-22-24-46(28-42(40)32-54(50)61-57)59(44-15-11-8-12-16-44)52-26-36(4)18-20-38(52)6/h7-34H,1-6H3. The molecule has 296 valence electrons. The lowest BCUT2D eigenvalue weighted by Crippen LogP contribution is -2.11. The lowest BCUT2D eigenvalue weighted by atomic mass is 9.94. The van der Waals surface area contributed by atoms with Crippen LogP contribution in [0.3, 0.4) is 0 Å². The van der Waals surface area contributed by atoms with Gasteiger partial charge in [-0.2, -0.15) is 0 Å². The molecular formula is C57H46N2O2. The van der Waals surface area contributed by atoms with E-state index in [1.54, 1.807) is 0 Å².